The molecule has 0 amide bonds. The summed E-state index contributed by atoms with van der Waals surface area (Å²) in [7, 11) is 0. The van der Waals surface area contributed by atoms with E-state index in [0.717, 1.165) is 18.4 Å². The average molecular weight is 189 g/mol. The molecule has 1 saturated carbocycles. The maximum atomic E-state index is 5.68. The van der Waals surface area contributed by atoms with E-state index in [1.807, 2.05) is 0 Å². The van der Waals surface area contributed by atoms with Gasteiger partial charge in [-0.15, -0.1) is 0 Å². The minimum Gasteiger partial charge on any atom is -0.330 e. The van der Waals surface area contributed by atoms with Crippen LogP contribution in [-0.4, -0.2) is 6.54 Å². The lowest BCUT2D eigenvalue weighted by Gasteiger charge is -2.09. The van der Waals surface area contributed by atoms with Crippen LogP contribution in [-0.2, 0) is 0 Å². The standard InChI is InChI=1S/C13H19N/c1-8-4-10(3)12(5-9(8)2)13-6-11(13)7-14/h4-5,11,13H,6-7,14H2,1-3H3. The first kappa shape index (κ1) is 9.72. The molecule has 2 N–H and O–H groups in total. The summed E-state index contributed by atoms with van der Waals surface area (Å²) >= 11 is 0. The first-order valence-electron chi connectivity index (χ1n) is 5.41. The number of rotatable bonds is 2. The molecule has 2 unspecified atom stereocenters. The van der Waals surface area contributed by atoms with Crippen LogP contribution in [0, 0.1) is 26.7 Å². The smallest absolute Gasteiger partial charge is 0.00428 e. The summed E-state index contributed by atoms with van der Waals surface area (Å²) in [5, 5.41) is 0. The van der Waals surface area contributed by atoms with Crippen molar-refractivity contribution in [3.8, 4) is 0 Å². The van der Waals surface area contributed by atoms with Crippen molar-refractivity contribution in [2.24, 2.45) is 11.7 Å². The molecule has 0 saturated heterocycles. The SMILES string of the molecule is Cc1cc(C)c(C2CC2CN)cc1C. The molecule has 0 aliphatic heterocycles. The molecule has 1 fully saturated rings. The zero-order valence-corrected chi connectivity index (χ0v) is 9.30. The Balaban J connectivity index is 2.31. The molecule has 1 nitrogen and oxygen atoms in total. The summed E-state index contributed by atoms with van der Waals surface area (Å²) in [6.45, 7) is 7.43. The third kappa shape index (κ3) is 1.57. The maximum absolute atomic E-state index is 5.68. The van der Waals surface area contributed by atoms with Crippen molar-refractivity contribution in [1.29, 1.82) is 0 Å². The van der Waals surface area contributed by atoms with Crippen LogP contribution in [0.1, 0.15) is 34.6 Å². The third-order valence-electron chi connectivity index (χ3n) is 3.51. The van der Waals surface area contributed by atoms with Gasteiger partial charge in [0.05, 0.1) is 0 Å². The van der Waals surface area contributed by atoms with Crippen molar-refractivity contribution in [2.45, 2.75) is 33.1 Å². The number of benzene rings is 1. The van der Waals surface area contributed by atoms with E-state index in [-0.39, 0.29) is 0 Å². The minimum atomic E-state index is 0.746. The molecule has 76 valence electrons. The van der Waals surface area contributed by atoms with Crippen LogP contribution in [0.2, 0.25) is 0 Å². The summed E-state index contributed by atoms with van der Waals surface area (Å²) < 4.78 is 0. The van der Waals surface area contributed by atoms with Gasteiger partial charge < -0.3 is 5.73 Å². The van der Waals surface area contributed by atoms with Gasteiger partial charge in [-0.05, 0) is 67.8 Å². The Morgan fingerprint density at radius 1 is 1.14 bits per heavy atom. The Bertz CT molecular complexity index is 354. The molecule has 0 bridgehead atoms. The van der Waals surface area contributed by atoms with Crippen molar-refractivity contribution in [1.82, 2.24) is 0 Å². The highest BCUT2D eigenvalue weighted by Gasteiger charge is 2.37. The highest BCUT2D eigenvalue weighted by molar-refractivity contribution is 5.40. The molecule has 1 aromatic rings. The van der Waals surface area contributed by atoms with Gasteiger partial charge >= 0.3 is 0 Å². The van der Waals surface area contributed by atoms with Crippen molar-refractivity contribution in [3.63, 3.8) is 0 Å². The number of hydrogen-bond donors (Lipinski definition) is 1. The summed E-state index contributed by atoms with van der Waals surface area (Å²) in [6, 6.07) is 4.65. The van der Waals surface area contributed by atoms with E-state index in [2.05, 4.69) is 32.9 Å². The Kier molecular flexibility index (Phi) is 2.36. The molecular weight excluding hydrogens is 170 g/mol. The number of hydrogen-bond acceptors (Lipinski definition) is 1. The molecule has 1 heteroatoms. The van der Waals surface area contributed by atoms with E-state index in [4.69, 9.17) is 5.73 Å². The van der Waals surface area contributed by atoms with Gasteiger partial charge in [-0.1, -0.05) is 12.1 Å². The Labute approximate surface area is 86.3 Å². The third-order valence-corrected chi connectivity index (χ3v) is 3.51. The zero-order chi connectivity index (χ0) is 10.3. The summed E-state index contributed by atoms with van der Waals surface area (Å²) in [5.74, 6) is 1.50. The van der Waals surface area contributed by atoms with E-state index in [9.17, 15) is 0 Å². The van der Waals surface area contributed by atoms with Gasteiger partial charge in [-0.25, -0.2) is 0 Å². The number of nitrogens with two attached hydrogens (primary N) is 1. The van der Waals surface area contributed by atoms with E-state index in [0.29, 0.717) is 0 Å². The first-order valence-corrected chi connectivity index (χ1v) is 5.41. The van der Waals surface area contributed by atoms with E-state index >= 15 is 0 Å². The average Bonchev–Trinajstić information content (AvgIpc) is 2.90. The van der Waals surface area contributed by atoms with Crippen LogP contribution in [0.15, 0.2) is 12.1 Å². The molecule has 1 aromatic carbocycles. The highest BCUT2D eigenvalue weighted by atomic mass is 14.6. The second kappa shape index (κ2) is 3.39. The van der Waals surface area contributed by atoms with Crippen LogP contribution in [0.3, 0.4) is 0 Å². The van der Waals surface area contributed by atoms with Crippen molar-refractivity contribution in [2.75, 3.05) is 6.54 Å². The van der Waals surface area contributed by atoms with Gasteiger partial charge in [0.1, 0.15) is 0 Å². The lowest BCUT2D eigenvalue weighted by atomic mass is 9.97. The molecule has 0 heterocycles. The molecule has 2 rings (SSSR count). The Hall–Kier alpha value is -0.820. The quantitative estimate of drug-likeness (QED) is 0.760. The molecule has 1 aliphatic carbocycles. The maximum Gasteiger partial charge on any atom is -0.00428 e. The van der Waals surface area contributed by atoms with Gasteiger partial charge in [0, 0.05) is 0 Å². The fourth-order valence-corrected chi connectivity index (χ4v) is 2.27. The molecule has 1 aliphatic rings. The zero-order valence-electron chi connectivity index (χ0n) is 9.30. The first-order chi connectivity index (χ1) is 6.63. The van der Waals surface area contributed by atoms with Crippen molar-refractivity contribution >= 4 is 0 Å². The molecule has 0 radical (unpaired) electrons. The highest BCUT2D eigenvalue weighted by Crippen LogP contribution is 2.48. The molecule has 0 aromatic heterocycles. The van der Waals surface area contributed by atoms with Crippen molar-refractivity contribution < 1.29 is 0 Å². The van der Waals surface area contributed by atoms with Crippen LogP contribution < -0.4 is 5.73 Å². The fourth-order valence-electron chi connectivity index (χ4n) is 2.27. The molecule has 2 atom stereocenters. The van der Waals surface area contributed by atoms with E-state index in [1.54, 1.807) is 0 Å². The molecule has 14 heavy (non-hydrogen) atoms. The normalized spacial score (nSPS) is 25.1. The number of aryl methyl sites for hydroxylation is 3. The second-order valence-electron chi connectivity index (χ2n) is 4.63. The summed E-state index contributed by atoms with van der Waals surface area (Å²) in [6.07, 6.45) is 1.29. The molecule has 0 spiro atoms. The van der Waals surface area contributed by atoms with E-state index in [1.165, 1.54) is 28.7 Å². The largest absolute Gasteiger partial charge is 0.330 e. The summed E-state index contributed by atoms with van der Waals surface area (Å²) in [4.78, 5) is 0. The minimum absolute atomic E-state index is 0.746. The molecular formula is C13H19N. The van der Waals surface area contributed by atoms with Crippen LogP contribution in [0.25, 0.3) is 0 Å². The second-order valence-corrected chi connectivity index (χ2v) is 4.63. The lowest BCUT2D eigenvalue weighted by Crippen LogP contribution is -2.02. The van der Waals surface area contributed by atoms with Crippen LogP contribution in [0.4, 0.5) is 0 Å². The lowest BCUT2D eigenvalue weighted by molar-refractivity contribution is 0.806. The van der Waals surface area contributed by atoms with Crippen LogP contribution >= 0.6 is 0 Å². The van der Waals surface area contributed by atoms with E-state index < -0.39 is 0 Å². The van der Waals surface area contributed by atoms with Gasteiger partial charge in [0.25, 0.3) is 0 Å². The van der Waals surface area contributed by atoms with Gasteiger partial charge in [-0.3, -0.25) is 0 Å². The Morgan fingerprint density at radius 3 is 2.36 bits per heavy atom. The monoisotopic (exact) mass is 189 g/mol. The van der Waals surface area contributed by atoms with Gasteiger partial charge in [-0.2, -0.15) is 0 Å². The van der Waals surface area contributed by atoms with Crippen LogP contribution in [0.5, 0.6) is 0 Å². The van der Waals surface area contributed by atoms with Gasteiger partial charge in [0.2, 0.25) is 0 Å². The van der Waals surface area contributed by atoms with Gasteiger partial charge in [0.15, 0.2) is 0 Å². The van der Waals surface area contributed by atoms with Crippen molar-refractivity contribution in [3.05, 3.63) is 34.4 Å². The predicted octanol–water partition coefficient (Wildman–Crippen LogP) is 2.67. The predicted molar refractivity (Wildman–Crippen MR) is 60.6 cm³/mol. The Morgan fingerprint density at radius 2 is 1.79 bits per heavy atom. The topological polar surface area (TPSA) is 26.0 Å². The summed E-state index contributed by atoms with van der Waals surface area (Å²) in [5.41, 5.74) is 11.5. The fraction of sp³-hybridized carbons (Fsp3) is 0.538.